The summed E-state index contributed by atoms with van der Waals surface area (Å²) in [7, 11) is 0. The van der Waals surface area contributed by atoms with Crippen LogP contribution in [0.3, 0.4) is 0 Å². The number of carbonyl (C=O) groups is 3. The fourth-order valence-electron chi connectivity index (χ4n) is 2.03. The number of aromatic nitrogens is 2. The van der Waals surface area contributed by atoms with Crippen LogP contribution in [-0.4, -0.2) is 33.3 Å². The lowest BCUT2D eigenvalue weighted by Gasteiger charge is -2.14. The Balaban J connectivity index is 1.93. The zero-order valence-corrected chi connectivity index (χ0v) is 14.1. The highest BCUT2D eigenvalue weighted by atomic mass is 16.5. The fourth-order valence-corrected chi connectivity index (χ4v) is 2.03. The average Bonchev–Trinajstić information content (AvgIpc) is 2.57. The summed E-state index contributed by atoms with van der Waals surface area (Å²) in [6, 6.07) is 7.34. The van der Waals surface area contributed by atoms with E-state index in [1.54, 1.807) is 24.3 Å². The largest absolute Gasteiger partial charge is 0.451 e. The molecule has 0 bridgehead atoms. The molecule has 9 nitrogen and oxygen atoms in total. The summed E-state index contributed by atoms with van der Waals surface area (Å²) in [5.41, 5.74) is -0.381. The van der Waals surface area contributed by atoms with Crippen LogP contribution < -0.4 is 16.6 Å². The van der Waals surface area contributed by atoms with E-state index in [-0.39, 0.29) is 5.78 Å². The minimum absolute atomic E-state index is 0.0947. The first-order valence-electron chi connectivity index (χ1n) is 7.67. The predicted molar refractivity (Wildman–Crippen MR) is 92.0 cm³/mol. The van der Waals surface area contributed by atoms with Gasteiger partial charge < -0.3 is 10.1 Å². The maximum absolute atomic E-state index is 12.1. The molecule has 0 aliphatic carbocycles. The van der Waals surface area contributed by atoms with E-state index >= 15 is 0 Å². The minimum atomic E-state index is -1.10. The van der Waals surface area contributed by atoms with Gasteiger partial charge in [-0.2, -0.15) is 0 Å². The highest BCUT2D eigenvalue weighted by Crippen LogP contribution is 2.11. The number of ether oxygens (including phenoxy) is 1. The highest BCUT2D eigenvalue weighted by molar-refractivity contribution is 5.97. The molecular weight excluding hydrogens is 342 g/mol. The fraction of sp³-hybridized carbons (Fsp3) is 0.235. The lowest BCUT2D eigenvalue weighted by Crippen LogP contribution is -2.34. The third-order valence-electron chi connectivity index (χ3n) is 3.43. The number of aromatic amines is 1. The zero-order valence-electron chi connectivity index (χ0n) is 14.1. The van der Waals surface area contributed by atoms with Crippen LogP contribution in [-0.2, 0) is 20.9 Å². The molecule has 26 heavy (non-hydrogen) atoms. The van der Waals surface area contributed by atoms with Crippen LogP contribution in [0.2, 0.25) is 0 Å². The Morgan fingerprint density at radius 1 is 1.15 bits per heavy atom. The lowest BCUT2D eigenvalue weighted by molar-refractivity contribution is -0.153. The van der Waals surface area contributed by atoms with Gasteiger partial charge in [0.1, 0.15) is 6.54 Å². The van der Waals surface area contributed by atoms with Crippen molar-refractivity contribution in [3.05, 3.63) is 62.9 Å². The van der Waals surface area contributed by atoms with E-state index in [9.17, 15) is 24.0 Å². The maximum Gasteiger partial charge on any atom is 0.328 e. The Bertz CT molecular complexity index is 942. The molecule has 0 aliphatic heterocycles. The number of hydrogen-bond donors (Lipinski definition) is 2. The van der Waals surface area contributed by atoms with E-state index in [1.807, 2.05) is 4.98 Å². The Labute approximate surface area is 147 Å². The van der Waals surface area contributed by atoms with Crippen molar-refractivity contribution in [3.8, 4) is 0 Å². The molecule has 0 unspecified atom stereocenters. The first-order chi connectivity index (χ1) is 12.3. The molecule has 2 N–H and O–H groups in total. The summed E-state index contributed by atoms with van der Waals surface area (Å²) in [6.07, 6.45) is 0.0532. The number of nitrogens with zero attached hydrogens (tertiary/aromatic N) is 1. The molecule has 0 saturated carbocycles. The molecule has 136 valence electrons. The van der Waals surface area contributed by atoms with Gasteiger partial charge in [-0.1, -0.05) is 0 Å². The molecule has 9 heteroatoms. The van der Waals surface area contributed by atoms with Crippen molar-refractivity contribution < 1.29 is 19.1 Å². The van der Waals surface area contributed by atoms with Gasteiger partial charge in [0.05, 0.1) is 0 Å². The predicted octanol–water partition coefficient (Wildman–Crippen LogP) is 0.310. The molecule has 2 aromatic rings. The monoisotopic (exact) mass is 359 g/mol. The van der Waals surface area contributed by atoms with Gasteiger partial charge in [0.2, 0.25) is 0 Å². The van der Waals surface area contributed by atoms with Crippen molar-refractivity contribution in [2.24, 2.45) is 0 Å². The number of rotatable bonds is 6. The van der Waals surface area contributed by atoms with Crippen molar-refractivity contribution in [2.45, 2.75) is 26.5 Å². The van der Waals surface area contributed by atoms with E-state index in [4.69, 9.17) is 4.74 Å². The van der Waals surface area contributed by atoms with Crippen LogP contribution in [0.4, 0.5) is 5.69 Å². The molecule has 0 fully saturated rings. The third-order valence-corrected chi connectivity index (χ3v) is 3.43. The number of hydrogen-bond acceptors (Lipinski definition) is 6. The number of esters is 1. The van der Waals surface area contributed by atoms with Gasteiger partial charge >= 0.3 is 11.7 Å². The molecule has 1 heterocycles. The second-order valence-corrected chi connectivity index (χ2v) is 5.49. The number of ketones is 1. The van der Waals surface area contributed by atoms with E-state index in [2.05, 4.69) is 5.32 Å². The molecule has 1 atom stereocenters. The first kappa shape index (κ1) is 18.8. The molecule has 0 aliphatic rings. The maximum atomic E-state index is 12.1. The average molecular weight is 359 g/mol. The number of H-pyrrole nitrogens is 1. The zero-order chi connectivity index (χ0) is 19.3. The van der Waals surface area contributed by atoms with E-state index in [0.29, 0.717) is 11.3 Å². The Kier molecular flexibility index (Phi) is 5.84. The number of amides is 1. The summed E-state index contributed by atoms with van der Waals surface area (Å²) in [6.45, 7) is 2.37. The molecule has 2 rings (SSSR count). The summed E-state index contributed by atoms with van der Waals surface area (Å²) in [4.78, 5) is 59.6. The normalized spacial score (nSPS) is 11.5. The number of anilines is 1. The number of nitrogens with one attached hydrogen (secondary N) is 2. The van der Waals surface area contributed by atoms with Crippen molar-refractivity contribution in [1.82, 2.24) is 9.55 Å². The van der Waals surface area contributed by atoms with Crippen molar-refractivity contribution in [2.75, 3.05) is 5.32 Å². The SMILES string of the molecule is CC(=O)c1ccc(NC(=O)[C@H](C)OC(=O)Cn2ccc(=O)[nH]c2=O)cc1. The van der Waals surface area contributed by atoms with Gasteiger partial charge in [-0.05, 0) is 38.1 Å². The van der Waals surface area contributed by atoms with Crippen LogP contribution in [0.15, 0.2) is 46.1 Å². The smallest absolute Gasteiger partial charge is 0.328 e. The third kappa shape index (κ3) is 5.00. The summed E-state index contributed by atoms with van der Waals surface area (Å²) in [5.74, 6) is -1.47. The van der Waals surface area contributed by atoms with Crippen molar-refractivity contribution in [1.29, 1.82) is 0 Å². The van der Waals surface area contributed by atoms with Crippen LogP contribution in [0.25, 0.3) is 0 Å². The number of benzene rings is 1. The molecule has 0 radical (unpaired) electrons. The molecule has 0 spiro atoms. The molecular formula is C17H17N3O6. The van der Waals surface area contributed by atoms with E-state index < -0.39 is 35.8 Å². The van der Waals surface area contributed by atoms with Gasteiger partial charge in [-0.3, -0.25) is 28.7 Å². The first-order valence-corrected chi connectivity index (χ1v) is 7.67. The van der Waals surface area contributed by atoms with E-state index in [1.165, 1.54) is 13.8 Å². The second-order valence-electron chi connectivity index (χ2n) is 5.49. The minimum Gasteiger partial charge on any atom is -0.451 e. The van der Waals surface area contributed by atoms with Crippen molar-refractivity contribution >= 4 is 23.3 Å². The van der Waals surface area contributed by atoms with E-state index in [0.717, 1.165) is 16.8 Å². The van der Waals surface area contributed by atoms with Crippen LogP contribution >= 0.6 is 0 Å². The van der Waals surface area contributed by atoms with Gasteiger partial charge in [0, 0.05) is 23.5 Å². The molecule has 0 saturated heterocycles. The molecule has 1 amide bonds. The van der Waals surface area contributed by atoms with Crippen LogP contribution in [0, 0.1) is 0 Å². The Hall–Kier alpha value is -3.49. The Morgan fingerprint density at radius 2 is 1.81 bits per heavy atom. The van der Waals surface area contributed by atoms with Gasteiger partial charge in [-0.15, -0.1) is 0 Å². The van der Waals surface area contributed by atoms with Gasteiger partial charge in [0.25, 0.3) is 11.5 Å². The van der Waals surface area contributed by atoms with Gasteiger partial charge in [-0.25, -0.2) is 4.79 Å². The van der Waals surface area contributed by atoms with Gasteiger partial charge in [0.15, 0.2) is 11.9 Å². The standard InChI is InChI=1S/C17H17N3O6/c1-10(21)12-3-5-13(6-4-12)18-16(24)11(2)26-15(23)9-20-8-7-14(22)19-17(20)25/h3-8,11H,9H2,1-2H3,(H,18,24)(H,19,22,25)/t11-/m0/s1. The number of Topliss-reactive ketones (excluding diaryl/α,β-unsaturated/α-hetero) is 1. The quantitative estimate of drug-likeness (QED) is 0.564. The van der Waals surface area contributed by atoms with Crippen molar-refractivity contribution in [3.63, 3.8) is 0 Å². The second kappa shape index (κ2) is 8.06. The summed E-state index contributed by atoms with van der Waals surface area (Å²) in [5, 5.41) is 2.55. The highest BCUT2D eigenvalue weighted by Gasteiger charge is 2.18. The topological polar surface area (TPSA) is 127 Å². The van der Waals surface area contributed by atoms with Crippen LogP contribution in [0.5, 0.6) is 0 Å². The lowest BCUT2D eigenvalue weighted by atomic mass is 10.1. The molecule has 1 aromatic heterocycles. The van der Waals surface area contributed by atoms with Crippen LogP contribution in [0.1, 0.15) is 24.2 Å². The number of carbonyl (C=O) groups excluding carboxylic acids is 3. The summed E-state index contributed by atoms with van der Waals surface area (Å²) >= 11 is 0. The summed E-state index contributed by atoms with van der Waals surface area (Å²) < 4.78 is 5.93. The Morgan fingerprint density at radius 3 is 2.38 bits per heavy atom. The molecule has 1 aromatic carbocycles.